The minimum atomic E-state index is 0.143. The van der Waals surface area contributed by atoms with Crippen molar-refractivity contribution in [3.63, 3.8) is 0 Å². The first-order valence-corrected chi connectivity index (χ1v) is 10.6. The van der Waals surface area contributed by atoms with Crippen molar-refractivity contribution in [1.29, 1.82) is 0 Å². The molecule has 2 aromatic rings. The van der Waals surface area contributed by atoms with Gasteiger partial charge in [-0.15, -0.1) is 0 Å². The van der Waals surface area contributed by atoms with Crippen molar-refractivity contribution in [2.75, 3.05) is 38.2 Å². The Bertz CT molecular complexity index is 810. The smallest absolute Gasteiger partial charge is 0.257 e. The third kappa shape index (κ3) is 3.87. The zero-order valence-corrected chi connectivity index (χ0v) is 16.8. The van der Waals surface area contributed by atoms with Gasteiger partial charge >= 0.3 is 0 Å². The Balaban J connectivity index is 1.51. The molecule has 5 nitrogen and oxygen atoms in total. The summed E-state index contributed by atoms with van der Waals surface area (Å²) in [5.74, 6) is 4.83. The number of nitrogens with zero attached hydrogens (tertiary/aromatic N) is 2. The lowest BCUT2D eigenvalue weighted by Crippen LogP contribution is -2.39. The molecule has 1 aromatic carbocycles. The molecule has 6 heteroatoms. The third-order valence-corrected chi connectivity index (χ3v) is 6.32. The third-order valence-electron chi connectivity index (χ3n) is 5.38. The number of ether oxygens (including phenoxy) is 1. The first kappa shape index (κ1) is 18.4. The van der Waals surface area contributed by atoms with Crippen LogP contribution < -0.4 is 4.74 Å². The largest absolute Gasteiger partial charge is 0.497 e. The van der Waals surface area contributed by atoms with Crippen LogP contribution in [0.25, 0.3) is 0 Å². The summed E-state index contributed by atoms with van der Waals surface area (Å²) in [4.78, 5) is 17.5. The van der Waals surface area contributed by atoms with Crippen molar-refractivity contribution in [3.8, 4) is 5.75 Å². The van der Waals surface area contributed by atoms with Gasteiger partial charge in [0.1, 0.15) is 17.3 Å². The highest BCUT2D eigenvalue weighted by Crippen LogP contribution is 2.30. The first-order chi connectivity index (χ1) is 13.2. The molecule has 1 fully saturated rings. The van der Waals surface area contributed by atoms with Gasteiger partial charge in [0.05, 0.1) is 12.7 Å². The number of carbonyl (C=O) groups excluding carboxylic acids is 1. The molecule has 4 rings (SSSR count). The molecule has 2 aliphatic rings. The maximum Gasteiger partial charge on any atom is 0.257 e. The Morgan fingerprint density at radius 1 is 1.19 bits per heavy atom. The summed E-state index contributed by atoms with van der Waals surface area (Å²) in [7, 11) is 1.68. The van der Waals surface area contributed by atoms with Gasteiger partial charge in [-0.1, -0.05) is 12.1 Å². The zero-order valence-electron chi connectivity index (χ0n) is 16.0. The molecule has 1 saturated heterocycles. The van der Waals surface area contributed by atoms with E-state index >= 15 is 0 Å². The average molecular weight is 387 g/mol. The average Bonchev–Trinajstić information content (AvgIpc) is 3.04. The Morgan fingerprint density at radius 2 is 1.93 bits per heavy atom. The second-order valence-electron chi connectivity index (χ2n) is 7.15. The van der Waals surface area contributed by atoms with Crippen LogP contribution in [0.1, 0.15) is 33.0 Å². The Morgan fingerprint density at radius 3 is 2.63 bits per heavy atom. The number of amides is 1. The lowest BCUT2D eigenvalue weighted by molar-refractivity contribution is 0.0768. The van der Waals surface area contributed by atoms with E-state index in [1.165, 1.54) is 5.56 Å². The number of hydrogen-bond donors (Lipinski definition) is 0. The van der Waals surface area contributed by atoms with E-state index in [9.17, 15) is 4.79 Å². The molecule has 0 aliphatic carbocycles. The van der Waals surface area contributed by atoms with E-state index in [-0.39, 0.29) is 5.91 Å². The topological polar surface area (TPSA) is 45.9 Å². The van der Waals surface area contributed by atoms with Gasteiger partial charge in [0.15, 0.2) is 0 Å². The molecule has 1 aromatic heterocycles. The first-order valence-electron chi connectivity index (χ1n) is 9.49. The van der Waals surface area contributed by atoms with Crippen molar-refractivity contribution in [1.82, 2.24) is 9.80 Å². The second-order valence-corrected chi connectivity index (χ2v) is 8.37. The van der Waals surface area contributed by atoms with Gasteiger partial charge in [-0.2, -0.15) is 11.8 Å². The van der Waals surface area contributed by atoms with Crippen LogP contribution in [0.4, 0.5) is 0 Å². The standard InChI is InChI=1S/C21H26N2O3S/c1-15-20(21(24)23-9-11-27-12-10-23)18-14-22(8-7-19(18)26-15)13-16-3-5-17(25-2)6-4-16/h3-6H,7-14H2,1-2H3. The van der Waals surface area contributed by atoms with Gasteiger partial charge in [0, 0.05) is 56.2 Å². The Hall–Kier alpha value is -1.92. The fraction of sp³-hybridized carbons (Fsp3) is 0.476. The van der Waals surface area contributed by atoms with Crippen LogP contribution in [0.3, 0.4) is 0 Å². The van der Waals surface area contributed by atoms with Gasteiger partial charge in [-0.25, -0.2) is 0 Å². The lowest BCUT2D eigenvalue weighted by Gasteiger charge is -2.29. The van der Waals surface area contributed by atoms with Gasteiger partial charge in [-0.05, 0) is 24.6 Å². The molecule has 0 saturated carbocycles. The van der Waals surface area contributed by atoms with E-state index in [2.05, 4.69) is 17.0 Å². The molecule has 0 spiro atoms. The molecule has 0 atom stereocenters. The summed E-state index contributed by atoms with van der Waals surface area (Å²) in [5.41, 5.74) is 3.15. The molecule has 0 radical (unpaired) electrons. The molecule has 144 valence electrons. The fourth-order valence-corrected chi connectivity index (χ4v) is 4.81. The Labute approximate surface area is 164 Å². The molecule has 0 bridgehead atoms. The number of methoxy groups -OCH3 is 1. The summed E-state index contributed by atoms with van der Waals surface area (Å²) >= 11 is 1.92. The van der Waals surface area contributed by atoms with Crippen LogP contribution >= 0.6 is 11.8 Å². The van der Waals surface area contributed by atoms with Crippen LogP contribution in [0, 0.1) is 6.92 Å². The fourth-order valence-electron chi connectivity index (χ4n) is 3.91. The number of hydrogen-bond acceptors (Lipinski definition) is 5. The highest BCUT2D eigenvalue weighted by molar-refractivity contribution is 7.99. The predicted octanol–water partition coefficient (Wildman–Crippen LogP) is 3.34. The summed E-state index contributed by atoms with van der Waals surface area (Å²) in [6.45, 7) is 6.17. The number of carbonyl (C=O) groups is 1. The second kappa shape index (κ2) is 7.98. The Kier molecular flexibility index (Phi) is 5.45. The van der Waals surface area contributed by atoms with Crippen LogP contribution in [-0.2, 0) is 19.5 Å². The molecular weight excluding hydrogens is 360 g/mol. The van der Waals surface area contributed by atoms with Crippen LogP contribution in [0.2, 0.25) is 0 Å². The summed E-state index contributed by atoms with van der Waals surface area (Å²) in [5, 5.41) is 0. The molecule has 3 heterocycles. The van der Waals surface area contributed by atoms with Crippen molar-refractivity contribution in [2.24, 2.45) is 0 Å². The van der Waals surface area contributed by atoms with Crippen molar-refractivity contribution in [2.45, 2.75) is 26.4 Å². The molecule has 0 N–H and O–H groups in total. The molecule has 2 aliphatic heterocycles. The number of benzene rings is 1. The summed E-state index contributed by atoms with van der Waals surface area (Å²) in [6, 6.07) is 8.20. The number of fused-ring (bicyclic) bond motifs is 1. The molecule has 27 heavy (non-hydrogen) atoms. The minimum Gasteiger partial charge on any atom is -0.497 e. The van der Waals surface area contributed by atoms with Gasteiger partial charge in [-0.3, -0.25) is 9.69 Å². The maximum absolute atomic E-state index is 13.1. The monoisotopic (exact) mass is 386 g/mol. The normalized spacial score (nSPS) is 17.6. The quantitative estimate of drug-likeness (QED) is 0.806. The van der Waals surface area contributed by atoms with E-state index in [0.717, 1.165) is 79.0 Å². The van der Waals surface area contributed by atoms with Crippen LogP contribution in [0.15, 0.2) is 28.7 Å². The minimum absolute atomic E-state index is 0.143. The van der Waals surface area contributed by atoms with Gasteiger partial charge in [0.2, 0.25) is 0 Å². The van der Waals surface area contributed by atoms with E-state index in [0.29, 0.717) is 0 Å². The number of aryl methyl sites for hydroxylation is 1. The van der Waals surface area contributed by atoms with Gasteiger partial charge < -0.3 is 14.1 Å². The highest BCUT2D eigenvalue weighted by Gasteiger charge is 2.31. The number of rotatable bonds is 4. The number of thioether (sulfide) groups is 1. The highest BCUT2D eigenvalue weighted by atomic mass is 32.2. The van der Waals surface area contributed by atoms with Crippen molar-refractivity contribution < 1.29 is 13.9 Å². The van der Waals surface area contributed by atoms with E-state index in [1.54, 1.807) is 7.11 Å². The number of furan rings is 1. The van der Waals surface area contributed by atoms with Crippen LogP contribution in [0.5, 0.6) is 5.75 Å². The molecule has 0 unspecified atom stereocenters. The maximum atomic E-state index is 13.1. The van der Waals surface area contributed by atoms with E-state index in [1.807, 2.05) is 35.7 Å². The van der Waals surface area contributed by atoms with Gasteiger partial charge in [0.25, 0.3) is 5.91 Å². The molecule has 1 amide bonds. The van der Waals surface area contributed by atoms with E-state index in [4.69, 9.17) is 9.15 Å². The van der Waals surface area contributed by atoms with Crippen molar-refractivity contribution in [3.05, 3.63) is 52.5 Å². The lowest BCUT2D eigenvalue weighted by atomic mass is 10.0. The van der Waals surface area contributed by atoms with Crippen molar-refractivity contribution >= 4 is 17.7 Å². The molecular formula is C21H26N2O3S. The SMILES string of the molecule is COc1ccc(CN2CCc3oc(C)c(C(=O)N4CCSCC4)c3C2)cc1. The summed E-state index contributed by atoms with van der Waals surface area (Å²) < 4.78 is 11.2. The van der Waals surface area contributed by atoms with E-state index < -0.39 is 0 Å². The predicted molar refractivity (Wildman–Crippen MR) is 107 cm³/mol. The summed E-state index contributed by atoms with van der Waals surface area (Å²) in [6.07, 6.45) is 0.857. The zero-order chi connectivity index (χ0) is 18.8. The van der Waals surface area contributed by atoms with Crippen LogP contribution in [-0.4, -0.2) is 54.0 Å².